The molecule has 0 aliphatic carbocycles. The molecule has 16 heavy (non-hydrogen) atoms. The topological polar surface area (TPSA) is 55.2 Å². The van der Waals surface area contributed by atoms with E-state index in [2.05, 4.69) is 9.97 Å². The predicted molar refractivity (Wildman–Crippen MR) is 59.9 cm³/mol. The Labute approximate surface area is 93.6 Å². The van der Waals surface area contributed by atoms with Gasteiger partial charge >= 0.3 is 0 Å². The summed E-state index contributed by atoms with van der Waals surface area (Å²) in [7, 11) is 1.63. The van der Waals surface area contributed by atoms with Crippen LogP contribution >= 0.6 is 0 Å². The van der Waals surface area contributed by atoms with Gasteiger partial charge in [-0.2, -0.15) is 0 Å². The monoisotopic (exact) mass is 216 g/mol. The van der Waals surface area contributed by atoms with Crippen LogP contribution in [0, 0.1) is 0 Å². The second-order valence-corrected chi connectivity index (χ2v) is 3.30. The normalized spacial score (nSPS) is 10.1. The van der Waals surface area contributed by atoms with Crippen LogP contribution in [0.2, 0.25) is 0 Å². The Kier molecular flexibility index (Phi) is 3.12. The number of rotatable bonds is 3. The summed E-state index contributed by atoms with van der Waals surface area (Å²) in [4.78, 5) is 8.33. The Bertz CT molecular complexity index is 406. The third kappa shape index (κ3) is 2.17. The lowest BCUT2D eigenvalue weighted by molar-refractivity contribution is 0.281. The second-order valence-electron chi connectivity index (χ2n) is 3.30. The zero-order valence-corrected chi connectivity index (χ0v) is 8.92. The maximum atomic E-state index is 8.87. The molecule has 4 nitrogen and oxygen atoms in total. The van der Waals surface area contributed by atoms with Gasteiger partial charge in [-0.1, -0.05) is 0 Å². The number of nitrogens with zero attached hydrogens (tertiary/aromatic N) is 2. The van der Waals surface area contributed by atoms with E-state index in [1.54, 1.807) is 19.5 Å². The van der Waals surface area contributed by atoms with Crippen molar-refractivity contribution in [1.29, 1.82) is 0 Å². The molecule has 4 heteroatoms. The molecule has 0 fully saturated rings. The smallest absolute Gasteiger partial charge is 0.159 e. The van der Waals surface area contributed by atoms with E-state index < -0.39 is 0 Å². The first-order valence-corrected chi connectivity index (χ1v) is 4.89. The van der Waals surface area contributed by atoms with Gasteiger partial charge in [0.25, 0.3) is 0 Å². The van der Waals surface area contributed by atoms with E-state index in [1.165, 1.54) is 0 Å². The highest BCUT2D eigenvalue weighted by molar-refractivity contribution is 5.55. The minimum atomic E-state index is -0.0388. The molecular formula is C12H12N2O2. The number of methoxy groups -OCH3 is 1. The van der Waals surface area contributed by atoms with E-state index in [1.807, 2.05) is 24.3 Å². The molecular weight excluding hydrogens is 204 g/mol. The van der Waals surface area contributed by atoms with Crippen LogP contribution in [0.1, 0.15) is 5.56 Å². The summed E-state index contributed by atoms with van der Waals surface area (Å²) in [6, 6.07) is 7.51. The van der Waals surface area contributed by atoms with E-state index in [4.69, 9.17) is 9.84 Å². The minimum Gasteiger partial charge on any atom is -0.497 e. The van der Waals surface area contributed by atoms with Gasteiger partial charge in [0.1, 0.15) is 5.75 Å². The van der Waals surface area contributed by atoms with E-state index in [0.717, 1.165) is 11.3 Å². The Morgan fingerprint density at radius 2 is 1.75 bits per heavy atom. The van der Waals surface area contributed by atoms with Crippen molar-refractivity contribution in [1.82, 2.24) is 9.97 Å². The van der Waals surface area contributed by atoms with E-state index >= 15 is 0 Å². The van der Waals surface area contributed by atoms with E-state index in [-0.39, 0.29) is 6.61 Å². The van der Waals surface area contributed by atoms with Crippen LogP contribution in [0.3, 0.4) is 0 Å². The zero-order chi connectivity index (χ0) is 11.4. The fraction of sp³-hybridized carbons (Fsp3) is 0.167. The number of hydrogen-bond acceptors (Lipinski definition) is 4. The summed E-state index contributed by atoms with van der Waals surface area (Å²) in [5.74, 6) is 1.44. The van der Waals surface area contributed by atoms with Crippen molar-refractivity contribution in [2.45, 2.75) is 6.61 Å². The molecule has 82 valence electrons. The van der Waals surface area contributed by atoms with Gasteiger partial charge in [0.05, 0.1) is 13.7 Å². The quantitative estimate of drug-likeness (QED) is 0.847. The molecule has 0 aliphatic heterocycles. The molecule has 0 bridgehead atoms. The minimum absolute atomic E-state index is 0.0388. The Balaban J connectivity index is 2.28. The summed E-state index contributed by atoms with van der Waals surface area (Å²) in [5.41, 5.74) is 1.63. The van der Waals surface area contributed by atoms with E-state index in [0.29, 0.717) is 11.4 Å². The summed E-state index contributed by atoms with van der Waals surface area (Å²) >= 11 is 0. The molecule has 0 radical (unpaired) electrons. The number of hydrogen-bond donors (Lipinski definition) is 1. The lowest BCUT2D eigenvalue weighted by atomic mass is 10.2. The fourth-order valence-electron chi connectivity index (χ4n) is 1.33. The van der Waals surface area contributed by atoms with Crippen molar-refractivity contribution in [3.8, 4) is 17.1 Å². The van der Waals surface area contributed by atoms with Crippen LogP contribution < -0.4 is 4.74 Å². The molecule has 0 unspecified atom stereocenters. The highest BCUT2D eigenvalue weighted by Crippen LogP contribution is 2.18. The number of aromatic nitrogens is 2. The maximum Gasteiger partial charge on any atom is 0.159 e. The van der Waals surface area contributed by atoms with Crippen LogP contribution in [0.15, 0.2) is 36.7 Å². The van der Waals surface area contributed by atoms with Crippen LogP contribution in [-0.4, -0.2) is 22.2 Å². The maximum absolute atomic E-state index is 8.87. The first kappa shape index (κ1) is 10.6. The Morgan fingerprint density at radius 3 is 2.25 bits per heavy atom. The predicted octanol–water partition coefficient (Wildman–Crippen LogP) is 1.64. The SMILES string of the molecule is COc1ccc(-c2ncc(CO)cn2)cc1. The van der Waals surface area contributed by atoms with Crippen LogP contribution in [0.25, 0.3) is 11.4 Å². The number of ether oxygens (including phenoxy) is 1. The third-order valence-electron chi connectivity index (χ3n) is 2.24. The average Bonchev–Trinajstić information content (AvgIpc) is 2.39. The van der Waals surface area contributed by atoms with Gasteiger partial charge in [0, 0.05) is 23.5 Å². The summed E-state index contributed by atoms with van der Waals surface area (Å²) < 4.78 is 5.07. The molecule has 0 amide bonds. The van der Waals surface area contributed by atoms with Crippen molar-refractivity contribution in [3.05, 3.63) is 42.2 Å². The standard InChI is InChI=1S/C12H12N2O2/c1-16-11-4-2-10(3-5-11)12-13-6-9(8-15)7-14-12/h2-7,15H,8H2,1H3. The average molecular weight is 216 g/mol. The molecule has 0 saturated carbocycles. The number of aliphatic hydroxyl groups is 1. The highest BCUT2D eigenvalue weighted by Gasteiger charge is 2.01. The van der Waals surface area contributed by atoms with Gasteiger partial charge in [-0.05, 0) is 24.3 Å². The number of aliphatic hydroxyl groups excluding tert-OH is 1. The van der Waals surface area contributed by atoms with Crippen molar-refractivity contribution in [3.63, 3.8) is 0 Å². The second kappa shape index (κ2) is 4.72. The third-order valence-corrected chi connectivity index (χ3v) is 2.24. The first-order chi connectivity index (χ1) is 7.83. The van der Waals surface area contributed by atoms with Crippen molar-refractivity contribution in [2.24, 2.45) is 0 Å². The largest absolute Gasteiger partial charge is 0.497 e. The Morgan fingerprint density at radius 1 is 1.12 bits per heavy atom. The van der Waals surface area contributed by atoms with Crippen LogP contribution in [0.4, 0.5) is 0 Å². The first-order valence-electron chi connectivity index (χ1n) is 4.89. The van der Waals surface area contributed by atoms with Crippen molar-refractivity contribution < 1.29 is 9.84 Å². The molecule has 0 atom stereocenters. The molecule has 1 heterocycles. The Hall–Kier alpha value is -1.94. The lowest BCUT2D eigenvalue weighted by Gasteiger charge is -2.02. The van der Waals surface area contributed by atoms with Gasteiger partial charge < -0.3 is 9.84 Å². The van der Waals surface area contributed by atoms with Gasteiger partial charge in [-0.15, -0.1) is 0 Å². The number of benzene rings is 1. The molecule has 1 aromatic heterocycles. The molecule has 1 N–H and O–H groups in total. The van der Waals surface area contributed by atoms with Crippen LogP contribution in [-0.2, 0) is 6.61 Å². The van der Waals surface area contributed by atoms with Crippen molar-refractivity contribution in [2.75, 3.05) is 7.11 Å². The highest BCUT2D eigenvalue weighted by atomic mass is 16.5. The molecule has 0 spiro atoms. The molecule has 0 aliphatic rings. The summed E-state index contributed by atoms with van der Waals surface area (Å²) in [6.45, 7) is -0.0388. The molecule has 2 rings (SSSR count). The fourth-order valence-corrected chi connectivity index (χ4v) is 1.33. The zero-order valence-electron chi connectivity index (χ0n) is 8.92. The molecule has 2 aromatic rings. The molecule has 1 aromatic carbocycles. The van der Waals surface area contributed by atoms with Gasteiger partial charge in [0.15, 0.2) is 5.82 Å². The van der Waals surface area contributed by atoms with Gasteiger partial charge in [0.2, 0.25) is 0 Å². The molecule has 0 saturated heterocycles. The van der Waals surface area contributed by atoms with Crippen molar-refractivity contribution >= 4 is 0 Å². The summed E-state index contributed by atoms with van der Waals surface area (Å²) in [5, 5.41) is 8.87. The summed E-state index contributed by atoms with van der Waals surface area (Å²) in [6.07, 6.45) is 3.24. The van der Waals surface area contributed by atoms with Gasteiger partial charge in [-0.25, -0.2) is 9.97 Å². The lowest BCUT2D eigenvalue weighted by Crippen LogP contribution is -1.92. The van der Waals surface area contributed by atoms with Crippen LogP contribution in [0.5, 0.6) is 5.75 Å². The van der Waals surface area contributed by atoms with E-state index in [9.17, 15) is 0 Å². The van der Waals surface area contributed by atoms with Gasteiger partial charge in [-0.3, -0.25) is 0 Å².